The van der Waals surface area contributed by atoms with Gasteiger partial charge in [-0.05, 0) is 24.3 Å². The normalized spacial score (nSPS) is 11.2. The molecule has 0 unspecified atom stereocenters. The van der Waals surface area contributed by atoms with Crippen molar-refractivity contribution in [1.29, 1.82) is 0 Å². The van der Waals surface area contributed by atoms with Gasteiger partial charge in [-0.25, -0.2) is 0 Å². The van der Waals surface area contributed by atoms with Gasteiger partial charge < -0.3 is 5.11 Å². The summed E-state index contributed by atoms with van der Waals surface area (Å²) in [5.74, 6) is -1.19. The zero-order chi connectivity index (χ0) is 16.5. The van der Waals surface area contributed by atoms with E-state index in [1.54, 1.807) is 36.4 Å². The molecule has 2 rings (SSSR count). The van der Waals surface area contributed by atoms with Crippen LogP contribution in [-0.4, -0.2) is 23.0 Å². The molecule has 0 saturated carbocycles. The maximum atomic E-state index is 11.7. The van der Waals surface area contributed by atoms with E-state index in [1.807, 2.05) is 24.3 Å². The molecular weight excluding hydrogens is 296 g/mol. The number of nitrogens with one attached hydrogen (secondary N) is 4. The first kappa shape index (κ1) is 16.3. The van der Waals surface area contributed by atoms with Gasteiger partial charge in [-0.1, -0.05) is 36.4 Å². The molecule has 2 amide bonds. The molecule has 0 bridgehead atoms. The van der Waals surface area contributed by atoms with Crippen LogP contribution in [0.25, 0.3) is 0 Å². The number of aliphatic hydroxyl groups excluding tert-OH is 1. The van der Waals surface area contributed by atoms with Crippen LogP contribution in [0.1, 0.15) is 6.42 Å². The van der Waals surface area contributed by atoms with Crippen molar-refractivity contribution in [2.24, 2.45) is 0 Å². The van der Waals surface area contributed by atoms with E-state index in [2.05, 4.69) is 21.7 Å². The van der Waals surface area contributed by atoms with Crippen LogP contribution in [-0.2, 0) is 9.59 Å². The topological polar surface area (TPSA) is 102 Å². The van der Waals surface area contributed by atoms with Gasteiger partial charge in [0.25, 0.3) is 5.91 Å². The predicted molar refractivity (Wildman–Crippen MR) is 87.0 cm³/mol. The molecule has 0 heterocycles. The lowest BCUT2D eigenvalue weighted by Crippen LogP contribution is -2.41. The quantitative estimate of drug-likeness (QED) is 0.491. The lowest BCUT2D eigenvalue weighted by Gasteiger charge is -2.13. The zero-order valence-electron chi connectivity index (χ0n) is 12.3. The Morgan fingerprint density at radius 2 is 1.30 bits per heavy atom. The van der Waals surface area contributed by atoms with Crippen LogP contribution in [0.15, 0.2) is 60.7 Å². The molecule has 0 aliphatic rings. The molecule has 2 aromatic carbocycles. The Hall–Kier alpha value is -3.06. The van der Waals surface area contributed by atoms with Gasteiger partial charge in [0.1, 0.15) is 6.10 Å². The van der Waals surface area contributed by atoms with Crippen molar-refractivity contribution in [1.82, 2.24) is 10.9 Å². The molecule has 7 heteroatoms. The number of carbonyl (C=O) groups is 2. The molecule has 0 saturated heterocycles. The van der Waals surface area contributed by atoms with E-state index >= 15 is 0 Å². The molecule has 5 N–H and O–H groups in total. The fourth-order valence-corrected chi connectivity index (χ4v) is 1.72. The second kappa shape index (κ2) is 8.40. The minimum atomic E-state index is -1.45. The molecule has 0 aliphatic carbocycles. The Labute approximate surface area is 133 Å². The maximum absolute atomic E-state index is 11.7. The number of para-hydroxylation sites is 2. The molecule has 1 atom stereocenters. The molecular formula is C16H18N4O3. The summed E-state index contributed by atoms with van der Waals surface area (Å²) in [5.41, 5.74) is 11.5. The number of hydrogen-bond acceptors (Lipinski definition) is 5. The largest absolute Gasteiger partial charge is 0.383 e. The Bertz CT molecular complexity index is 634. The number of benzene rings is 2. The van der Waals surface area contributed by atoms with Crippen LogP contribution in [0.2, 0.25) is 0 Å². The highest BCUT2D eigenvalue weighted by atomic mass is 16.3. The van der Waals surface area contributed by atoms with E-state index in [0.29, 0.717) is 11.4 Å². The lowest BCUT2D eigenvalue weighted by molar-refractivity contribution is -0.134. The first-order valence-corrected chi connectivity index (χ1v) is 7.04. The summed E-state index contributed by atoms with van der Waals surface area (Å²) in [6, 6.07) is 18.0. The van der Waals surface area contributed by atoms with Crippen LogP contribution in [0.5, 0.6) is 0 Å². The number of anilines is 2. The second-order valence-electron chi connectivity index (χ2n) is 4.74. The van der Waals surface area contributed by atoms with Crippen molar-refractivity contribution in [2.45, 2.75) is 12.5 Å². The van der Waals surface area contributed by atoms with Gasteiger partial charge in [-0.2, -0.15) is 0 Å². The highest BCUT2D eigenvalue weighted by molar-refractivity contribution is 5.88. The zero-order valence-corrected chi connectivity index (χ0v) is 12.3. The summed E-state index contributed by atoms with van der Waals surface area (Å²) in [5, 5.41) is 9.72. The Morgan fingerprint density at radius 1 is 0.826 bits per heavy atom. The van der Waals surface area contributed by atoms with E-state index in [-0.39, 0.29) is 6.42 Å². The summed E-state index contributed by atoms with van der Waals surface area (Å²) >= 11 is 0. The molecule has 7 nitrogen and oxygen atoms in total. The molecule has 2 aromatic rings. The van der Waals surface area contributed by atoms with E-state index in [1.165, 1.54) is 0 Å². The van der Waals surface area contributed by atoms with Crippen LogP contribution < -0.4 is 21.7 Å². The monoisotopic (exact) mass is 314 g/mol. The van der Waals surface area contributed by atoms with Crippen molar-refractivity contribution in [3.8, 4) is 0 Å². The van der Waals surface area contributed by atoms with E-state index in [9.17, 15) is 14.7 Å². The fourth-order valence-electron chi connectivity index (χ4n) is 1.72. The number of carbonyl (C=O) groups excluding carboxylic acids is 2. The van der Waals surface area contributed by atoms with Crippen LogP contribution in [0, 0.1) is 0 Å². The smallest absolute Gasteiger partial charge is 0.267 e. The summed E-state index contributed by atoms with van der Waals surface area (Å²) in [7, 11) is 0. The third kappa shape index (κ3) is 5.68. The third-order valence-corrected chi connectivity index (χ3v) is 2.91. The summed E-state index contributed by atoms with van der Waals surface area (Å²) in [6.07, 6.45) is -1.81. The fraction of sp³-hybridized carbons (Fsp3) is 0.125. The molecule has 0 fully saturated rings. The van der Waals surface area contributed by atoms with Gasteiger partial charge in [-0.3, -0.25) is 31.3 Å². The molecule has 23 heavy (non-hydrogen) atoms. The minimum absolute atomic E-state index is 0.359. The minimum Gasteiger partial charge on any atom is -0.383 e. The summed E-state index contributed by atoms with van der Waals surface area (Å²) in [4.78, 5) is 23.4. The average molecular weight is 314 g/mol. The Morgan fingerprint density at radius 3 is 1.83 bits per heavy atom. The SMILES string of the molecule is O=C(C[C@@H](O)C(=O)NNc1ccccc1)NNc1ccccc1. The van der Waals surface area contributed by atoms with Crippen molar-refractivity contribution in [3.05, 3.63) is 60.7 Å². The van der Waals surface area contributed by atoms with Crippen molar-refractivity contribution in [3.63, 3.8) is 0 Å². The first-order chi connectivity index (χ1) is 11.1. The van der Waals surface area contributed by atoms with Gasteiger partial charge in [0, 0.05) is 0 Å². The molecule has 0 aromatic heterocycles. The summed E-state index contributed by atoms with van der Waals surface area (Å²) < 4.78 is 0. The highest BCUT2D eigenvalue weighted by Crippen LogP contribution is 2.04. The summed E-state index contributed by atoms with van der Waals surface area (Å²) in [6.45, 7) is 0. The van der Waals surface area contributed by atoms with E-state index in [0.717, 1.165) is 0 Å². The number of rotatable bonds is 7. The third-order valence-electron chi connectivity index (χ3n) is 2.91. The first-order valence-electron chi connectivity index (χ1n) is 7.04. The number of aliphatic hydroxyl groups is 1. The van der Waals surface area contributed by atoms with Gasteiger partial charge in [0.2, 0.25) is 5.91 Å². The van der Waals surface area contributed by atoms with Gasteiger partial charge in [-0.15, -0.1) is 0 Å². The average Bonchev–Trinajstić information content (AvgIpc) is 2.59. The maximum Gasteiger partial charge on any atom is 0.267 e. The van der Waals surface area contributed by atoms with Crippen LogP contribution in [0.3, 0.4) is 0 Å². The Balaban J connectivity index is 1.71. The van der Waals surface area contributed by atoms with Gasteiger partial charge in [0.15, 0.2) is 0 Å². The number of hydrogen-bond donors (Lipinski definition) is 5. The standard InChI is InChI=1S/C16H18N4O3/c21-14(16(23)20-18-13-9-5-2-6-10-13)11-15(22)19-17-12-7-3-1-4-8-12/h1-10,14,17-18,21H,11H2,(H,19,22)(H,20,23)/t14-/m1/s1. The van der Waals surface area contributed by atoms with Crippen molar-refractivity contribution >= 4 is 23.2 Å². The molecule has 0 radical (unpaired) electrons. The number of hydrazine groups is 2. The second-order valence-corrected chi connectivity index (χ2v) is 4.74. The van der Waals surface area contributed by atoms with Crippen molar-refractivity contribution in [2.75, 3.05) is 10.9 Å². The molecule has 120 valence electrons. The van der Waals surface area contributed by atoms with Crippen LogP contribution >= 0.6 is 0 Å². The number of amides is 2. The van der Waals surface area contributed by atoms with Crippen molar-refractivity contribution < 1.29 is 14.7 Å². The lowest BCUT2D eigenvalue weighted by atomic mass is 10.2. The molecule has 0 spiro atoms. The van der Waals surface area contributed by atoms with Gasteiger partial charge >= 0.3 is 0 Å². The highest BCUT2D eigenvalue weighted by Gasteiger charge is 2.18. The molecule has 0 aliphatic heterocycles. The van der Waals surface area contributed by atoms with E-state index in [4.69, 9.17) is 0 Å². The van der Waals surface area contributed by atoms with E-state index < -0.39 is 17.9 Å². The predicted octanol–water partition coefficient (Wildman–Crippen LogP) is 1.02. The van der Waals surface area contributed by atoms with Gasteiger partial charge in [0.05, 0.1) is 17.8 Å². The Kier molecular flexibility index (Phi) is 5.96. The van der Waals surface area contributed by atoms with Crippen LogP contribution in [0.4, 0.5) is 11.4 Å².